The van der Waals surface area contributed by atoms with Gasteiger partial charge in [0.05, 0.1) is 11.3 Å². The first-order valence-electron chi connectivity index (χ1n) is 9.45. The van der Waals surface area contributed by atoms with Gasteiger partial charge in [0.2, 0.25) is 15.9 Å². The Bertz CT molecular complexity index is 812. The summed E-state index contributed by atoms with van der Waals surface area (Å²) >= 11 is 0. The van der Waals surface area contributed by atoms with Crippen molar-refractivity contribution in [1.82, 2.24) is 9.62 Å². The summed E-state index contributed by atoms with van der Waals surface area (Å²) in [6.07, 6.45) is -4.11. The SMILES string of the molecule is CC(C)(C)CC(=O)NCCS(=O)(=O)N1CCN(c2cccc(C(F)(F)F)c2)CC1. The molecule has 1 aliphatic rings. The molecule has 1 fully saturated rings. The van der Waals surface area contributed by atoms with Gasteiger partial charge in [0, 0.05) is 44.8 Å². The number of benzene rings is 1. The van der Waals surface area contributed by atoms with E-state index >= 15 is 0 Å². The Hall–Kier alpha value is -1.81. The van der Waals surface area contributed by atoms with Crippen molar-refractivity contribution in [3.63, 3.8) is 0 Å². The Labute approximate surface area is 170 Å². The molecule has 1 saturated heterocycles. The highest BCUT2D eigenvalue weighted by Gasteiger charge is 2.32. The second kappa shape index (κ2) is 8.91. The molecule has 0 radical (unpaired) electrons. The highest BCUT2D eigenvalue weighted by Crippen LogP contribution is 2.32. The van der Waals surface area contributed by atoms with Crippen LogP contribution >= 0.6 is 0 Å². The highest BCUT2D eigenvalue weighted by molar-refractivity contribution is 7.89. The van der Waals surface area contributed by atoms with Gasteiger partial charge in [-0.05, 0) is 23.6 Å². The third-order valence-corrected chi connectivity index (χ3v) is 6.42. The van der Waals surface area contributed by atoms with Crippen molar-refractivity contribution < 1.29 is 26.4 Å². The van der Waals surface area contributed by atoms with Crippen molar-refractivity contribution in [3.05, 3.63) is 29.8 Å². The van der Waals surface area contributed by atoms with Gasteiger partial charge >= 0.3 is 6.18 Å². The summed E-state index contributed by atoms with van der Waals surface area (Å²) < 4.78 is 65.0. The molecule has 0 bridgehead atoms. The molecule has 29 heavy (non-hydrogen) atoms. The number of hydrogen-bond acceptors (Lipinski definition) is 4. The lowest BCUT2D eigenvalue weighted by atomic mass is 9.92. The maximum absolute atomic E-state index is 12.9. The summed E-state index contributed by atoms with van der Waals surface area (Å²) in [4.78, 5) is 13.6. The number of alkyl halides is 3. The van der Waals surface area contributed by atoms with E-state index in [2.05, 4.69) is 5.32 Å². The Balaban J connectivity index is 1.87. The van der Waals surface area contributed by atoms with E-state index in [1.807, 2.05) is 20.8 Å². The number of sulfonamides is 1. The van der Waals surface area contributed by atoms with E-state index in [-0.39, 0.29) is 36.7 Å². The maximum atomic E-state index is 12.9. The van der Waals surface area contributed by atoms with Gasteiger partial charge in [0.25, 0.3) is 0 Å². The summed E-state index contributed by atoms with van der Waals surface area (Å²) in [6.45, 7) is 6.79. The van der Waals surface area contributed by atoms with Gasteiger partial charge in [-0.25, -0.2) is 8.42 Å². The second-order valence-corrected chi connectivity index (χ2v) is 10.4. The van der Waals surface area contributed by atoms with Crippen LogP contribution in [0.2, 0.25) is 0 Å². The van der Waals surface area contributed by atoms with Gasteiger partial charge in [-0.3, -0.25) is 4.79 Å². The molecule has 0 saturated carbocycles. The van der Waals surface area contributed by atoms with Gasteiger partial charge in [0.15, 0.2) is 0 Å². The van der Waals surface area contributed by atoms with Gasteiger partial charge in [0.1, 0.15) is 0 Å². The molecule has 1 aliphatic heterocycles. The minimum absolute atomic E-state index is 0.0328. The van der Waals surface area contributed by atoms with Crippen LogP contribution in [0.15, 0.2) is 24.3 Å². The minimum Gasteiger partial charge on any atom is -0.369 e. The Morgan fingerprint density at radius 3 is 2.28 bits per heavy atom. The maximum Gasteiger partial charge on any atom is 0.416 e. The fourth-order valence-corrected chi connectivity index (χ4v) is 4.43. The van der Waals surface area contributed by atoms with Crippen molar-refractivity contribution in [1.29, 1.82) is 0 Å². The number of piperazine rings is 1. The Morgan fingerprint density at radius 1 is 1.10 bits per heavy atom. The number of nitrogens with one attached hydrogen (secondary N) is 1. The molecule has 164 valence electrons. The van der Waals surface area contributed by atoms with Crippen molar-refractivity contribution in [2.24, 2.45) is 5.41 Å². The van der Waals surface area contributed by atoms with Crippen LogP contribution in [0.25, 0.3) is 0 Å². The molecule has 0 unspecified atom stereocenters. The molecule has 6 nitrogen and oxygen atoms in total. The van der Waals surface area contributed by atoms with E-state index < -0.39 is 21.8 Å². The fourth-order valence-electron chi connectivity index (χ4n) is 3.10. The van der Waals surface area contributed by atoms with E-state index in [0.717, 1.165) is 12.1 Å². The molecule has 0 aliphatic carbocycles. The molecule has 1 heterocycles. The predicted molar refractivity (Wildman–Crippen MR) is 106 cm³/mol. The van der Waals surface area contributed by atoms with Crippen LogP contribution in [0.5, 0.6) is 0 Å². The number of carbonyl (C=O) groups is 1. The monoisotopic (exact) mass is 435 g/mol. The van der Waals surface area contributed by atoms with Gasteiger partial charge in [-0.15, -0.1) is 0 Å². The highest BCUT2D eigenvalue weighted by atomic mass is 32.2. The zero-order chi connectivity index (χ0) is 21.9. The van der Waals surface area contributed by atoms with Crippen LogP contribution in [-0.2, 0) is 21.0 Å². The molecule has 0 atom stereocenters. The molecule has 2 rings (SSSR count). The van der Waals surface area contributed by atoms with Crippen LogP contribution in [0.1, 0.15) is 32.8 Å². The first-order valence-corrected chi connectivity index (χ1v) is 11.1. The summed E-state index contributed by atoms with van der Waals surface area (Å²) in [5.74, 6) is -0.394. The first-order chi connectivity index (χ1) is 13.3. The number of halogens is 3. The zero-order valence-electron chi connectivity index (χ0n) is 16.9. The molecular formula is C19H28F3N3O3S. The zero-order valence-corrected chi connectivity index (χ0v) is 17.7. The predicted octanol–water partition coefficient (Wildman–Crippen LogP) is 2.71. The van der Waals surface area contributed by atoms with Gasteiger partial charge < -0.3 is 10.2 Å². The summed E-state index contributed by atoms with van der Waals surface area (Å²) in [5, 5.41) is 2.63. The van der Waals surface area contributed by atoms with Crippen LogP contribution in [-0.4, -0.2) is 57.1 Å². The van der Waals surface area contributed by atoms with E-state index in [1.165, 1.54) is 10.4 Å². The Kier molecular flexibility index (Phi) is 7.21. The molecule has 1 N–H and O–H groups in total. The molecule has 1 amide bonds. The largest absolute Gasteiger partial charge is 0.416 e. The van der Waals surface area contributed by atoms with E-state index in [4.69, 9.17) is 0 Å². The normalized spacial score (nSPS) is 16.7. The summed E-state index contributed by atoms with van der Waals surface area (Å²) in [6, 6.07) is 5.03. The van der Waals surface area contributed by atoms with Crippen LogP contribution in [0.3, 0.4) is 0 Å². The number of amides is 1. The van der Waals surface area contributed by atoms with Crippen molar-refractivity contribution in [2.45, 2.75) is 33.4 Å². The van der Waals surface area contributed by atoms with E-state index in [9.17, 15) is 26.4 Å². The lowest BCUT2D eigenvalue weighted by Crippen LogP contribution is -2.50. The average Bonchev–Trinajstić information content (AvgIpc) is 2.59. The number of carbonyl (C=O) groups excluding carboxylic acids is 1. The summed E-state index contributed by atoms with van der Waals surface area (Å²) in [7, 11) is -3.55. The number of anilines is 1. The topological polar surface area (TPSA) is 69.7 Å². The number of hydrogen-bond donors (Lipinski definition) is 1. The van der Waals surface area contributed by atoms with Gasteiger partial charge in [-0.1, -0.05) is 26.8 Å². The van der Waals surface area contributed by atoms with Crippen molar-refractivity contribution in [2.75, 3.05) is 43.4 Å². The molecule has 0 aromatic heterocycles. The molecular weight excluding hydrogens is 407 g/mol. The van der Waals surface area contributed by atoms with E-state index in [1.54, 1.807) is 11.0 Å². The first kappa shape index (κ1) is 23.5. The van der Waals surface area contributed by atoms with Crippen molar-refractivity contribution >= 4 is 21.6 Å². The van der Waals surface area contributed by atoms with Crippen LogP contribution in [0, 0.1) is 5.41 Å². The van der Waals surface area contributed by atoms with Gasteiger partial charge in [-0.2, -0.15) is 17.5 Å². The van der Waals surface area contributed by atoms with Crippen LogP contribution < -0.4 is 10.2 Å². The lowest BCUT2D eigenvalue weighted by Gasteiger charge is -2.35. The Morgan fingerprint density at radius 2 is 1.72 bits per heavy atom. The second-order valence-electron chi connectivity index (χ2n) is 8.34. The average molecular weight is 436 g/mol. The quantitative estimate of drug-likeness (QED) is 0.746. The third-order valence-electron chi connectivity index (χ3n) is 4.54. The fraction of sp³-hybridized carbons (Fsp3) is 0.632. The molecule has 1 aromatic rings. The number of nitrogens with zero attached hydrogens (tertiary/aromatic N) is 2. The molecule has 10 heteroatoms. The standard InChI is InChI=1S/C19H28F3N3O3S/c1-18(2,3)14-17(26)23-7-12-29(27,28)25-10-8-24(9-11-25)16-6-4-5-15(13-16)19(20,21)22/h4-6,13H,7-12,14H2,1-3H3,(H,23,26). The molecule has 0 spiro atoms. The third kappa shape index (κ3) is 7.18. The van der Waals surface area contributed by atoms with Crippen molar-refractivity contribution in [3.8, 4) is 0 Å². The van der Waals surface area contributed by atoms with Crippen LogP contribution in [0.4, 0.5) is 18.9 Å². The lowest BCUT2D eigenvalue weighted by molar-refractivity contribution is -0.137. The summed E-state index contributed by atoms with van der Waals surface area (Å²) in [5.41, 5.74) is -0.481. The molecule has 1 aromatic carbocycles. The smallest absolute Gasteiger partial charge is 0.369 e. The minimum atomic E-state index is -4.42. The number of rotatable bonds is 6. The van der Waals surface area contributed by atoms with E-state index in [0.29, 0.717) is 25.2 Å².